The predicted molar refractivity (Wildman–Crippen MR) is 76.2 cm³/mol. The first-order valence-electron chi connectivity index (χ1n) is 5.77. The molecule has 1 amide bonds. The van der Waals surface area contributed by atoms with Gasteiger partial charge in [0.2, 0.25) is 5.89 Å². The maximum absolute atomic E-state index is 11.9. The summed E-state index contributed by atoms with van der Waals surface area (Å²) in [7, 11) is 0. The number of aromatic nitrogens is 1. The molecule has 6 heteroatoms. The van der Waals surface area contributed by atoms with Crippen LogP contribution in [0.1, 0.15) is 28.9 Å². The highest BCUT2D eigenvalue weighted by atomic mass is 79.9. The van der Waals surface area contributed by atoms with Crippen LogP contribution in [-0.4, -0.2) is 10.9 Å². The van der Waals surface area contributed by atoms with Crippen LogP contribution in [-0.2, 0) is 13.0 Å². The van der Waals surface area contributed by atoms with Crippen LogP contribution < -0.4 is 5.32 Å². The third kappa shape index (κ3) is 3.58. The lowest BCUT2D eigenvalue weighted by atomic mass is 10.2. The average Bonchev–Trinajstić information content (AvgIpc) is 2.87. The van der Waals surface area contributed by atoms with Crippen molar-refractivity contribution in [1.82, 2.24) is 10.3 Å². The molecule has 19 heavy (non-hydrogen) atoms. The number of amides is 1. The van der Waals surface area contributed by atoms with E-state index in [4.69, 9.17) is 16.0 Å². The molecule has 1 aromatic carbocycles. The highest BCUT2D eigenvalue weighted by Gasteiger charge is 2.09. The Balaban J connectivity index is 1.99. The number of halogens is 2. The molecule has 1 aromatic heterocycles. The largest absolute Gasteiger partial charge is 0.444 e. The molecule has 0 bridgehead atoms. The Bertz CT molecular complexity index is 598. The van der Waals surface area contributed by atoms with Crippen LogP contribution in [0.3, 0.4) is 0 Å². The first kappa shape index (κ1) is 14.1. The monoisotopic (exact) mass is 342 g/mol. The van der Waals surface area contributed by atoms with Gasteiger partial charge in [-0.25, -0.2) is 4.98 Å². The number of oxazole rings is 1. The van der Waals surface area contributed by atoms with Crippen LogP contribution in [0.4, 0.5) is 0 Å². The highest BCUT2D eigenvalue weighted by Crippen LogP contribution is 2.23. The van der Waals surface area contributed by atoms with Gasteiger partial charge < -0.3 is 9.73 Å². The molecule has 2 aromatic rings. The van der Waals surface area contributed by atoms with E-state index < -0.39 is 0 Å². The second-order valence-electron chi connectivity index (χ2n) is 3.89. The van der Waals surface area contributed by atoms with Crippen molar-refractivity contribution in [1.29, 1.82) is 0 Å². The summed E-state index contributed by atoms with van der Waals surface area (Å²) in [6.07, 6.45) is 2.45. The normalized spacial score (nSPS) is 10.5. The van der Waals surface area contributed by atoms with E-state index in [9.17, 15) is 4.79 Å². The Hall–Kier alpha value is -1.33. The first-order chi connectivity index (χ1) is 9.10. The number of nitrogens with zero attached hydrogens (tertiary/aromatic N) is 1. The second-order valence-corrected chi connectivity index (χ2v) is 5.15. The third-order valence-corrected chi connectivity index (χ3v) is 3.76. The van der Waals surface area contributed by atoms with E-state index in [0.29, 0.717) is 16.5 Å². The SMILES string of the molecule is CCc1cnc(CNC(=O)c2ccc(Br)c(Cl)c2)o1. The topological polar surface area (TPSA) is 55.1 Å². The number of hydrogen-bond donors (Lipinski definition) is 1. The van der Waals surface area contributed by atoms with Crippen molar-refractivity contribution in [2.24, 2.45) is 0 Å². The number of rotatable bonds is 4. The van der Waals surface area contributed by atoms with Crippen molar-refractivity contribution < 1.29 is 9.21 Å². The minimum atomic E-state index is -0.217. The van der Waals surface area contributed by atoms with Crippen molar-refractivity contribution in [3.8, 4) is 0 Å². The van der Waals surface area contributed by atoms with Gasteiger partial charge in [0.05, 0.1) is 17.8 Å². The molecule has 1 heterocycles. The van der Waals surface area contributed by atoms with Crippen LogP contribution in [0.25, 0.3) is 0 Å². The van der Waals surface area contributed by atoms with Crippen molar-refractivity contribution >= 4 is 33.4 Å². The Morgan fingerprint density at radius 2 is 2.32 bits per heavy atom. The van der Waals surface area contributed by atoms with Crippen LogP contribution in [0.5, 0.6) is 0 Å². The van der Waals surface area contributed by atoms with Gasteiger partial charge >= 0.3 is 0 Å². The number of benzene rings is 1. The van der Waals surface area contributed by atoms with Gasteiger partial charge in [0.25, 0.3) is 5.91 Å². The van der Waals surface area contributed by atoms with Crippen molar-refractivity contribution in [3.63, 3.8) is 0 Å². The predicted octanol–water partition coefficient (Wildman–Crippen LogP) is 3.58. The smallest absolute Gasteiger partial charge is 0.251 e. The molecule has 0 aliphatic heterocycles. The summed E-state index contributed by atoms with van der Waals surface area (Å²) in [5, 5.41) is 3.23. The second kappa shape index (κ2) is 6.21. The van der Waals surface area contributed by atoms with E-state index >= 15 is 0 Å². The molecule has 0 radical (unpaired) electrons. The number of carbonyl (C=O) groups excluding carboxylic acids is 1. The summed E-state index contributed by atoms with van der Waals surface area (Å²) in [5.74, 6) is 1.08. The van der Waals surface area contributed by atoms with E-state index in [2.05, 4.69) is 26.2 Å². The molecule has 0 saturated heterocycles. The zero-order valence-corrected chi connectivity index (χ0v) is 12.6. The van der Waals surface area contributed by atoms with Gasteiger partial charge in [0.1, 0.15) is 5.76 Å². The van der Waals surface area contributed by atoms with E-state index in [-0.39, 0.29) is 12.5 Å². The van der Waals surface area contributed by atoms with Gasteiger partial charge in [-0.15, -0.1) is 0 Å². The first-order valence-corrected chi connectivity index (χ1v) is 6.94. The lowest BCUT2D eigenvalue weighted by Gasteiger charge is -2.04. The number of aryl methyl sites for hydroxylation is 1. The van der Waals surface area contributed by atoms with Gasteiger partial charge in [-0.05, 0) is 34.1 Å². The molecule has 0 aliphatic carbocycles. The molecule has 1 N–H and O–H groups in total. The third-order valence-electron chi connectivity index (χ3n) is 2.53. The number of carbonyl (C=O) groups is 1. The van der Waals surface area contributed by atoms with Crippen LogP contribution in [0, 0.1) is 0 Å². The maximum atomic E-state index is 11.9. The molecule has 0 spiro atoms. The van der Waals surface area contributed by atoms with Gasteiger partial charge in [-0.1, -0.05) is 18.5 Å². The Labute approximate surface area is 124 Å². The maximum Gasteiger partial charge on any atom is 0.251 e. The zero-order chi connectivity index (χ0) is 13.8. The van der Waals surface area contributed by atoms with E-state index in [1.165, 1.54) is 0 Å². The van der Waals surface area contributed by atoms with Crippen LogP contribution in [0.15, 0.2) is 33.3 Å². The van der Waals surface area contributed by atoms with Crippen LogP contribution >= 0.6 is 27.5 Å². The molecule has 0 aliphatic rings. The molecule has 0 fully saturated rings. The minimum Gasteiger partial charge on any atom is -0.444 e. The Morgan fingerprint density at radius 1 is 1.53 bits per heavy atom. The summed E-state index contributed by atoms with van der Waals surface area (Å²) in [4.78, 5) is 16.0. The van der Waals surface area contributed by atoms with E-state index in [1.54, 1.807) is 24.4 Å². The lowest BCUT2D eigenvalue weighted by Crippen LogP contribution is -2.22. The Morgan fingerprint density at radius 3 is 2.95 bits per heavy atom. The summed E-state index contributed by atoms with van der Waals surface area (Å²) < 4.78 is 6.16. The quantitative estimate of drug-likeness (QED) is 0.923. The number of nitrogens with one attached hydrogen (secondary N) is 1. The van der Waals surface area contributed by atoms with Crippen LogP contribution in [0.2, 0.25) is 5.02 Å². The number of hydrogen-bond acceptors (Lipinski definition) is 3. The molecule has 0 saturated carbocycles. The molecular formula is C13H12BrClN2O2. The summed E-state index contributed by atoms with van der Waals surface area (Å²) in [6, 6.07) is 5.03. The zero-order valence-electron chi connectivity index (χ0n) is 10.2. The summed E-state index contributed by atoms with van der Waals surface area (Å²) >= 11 is 9.22. The highest BCUT2D eigenvalue weighted by molar-refractivity contribution is 9.10. The standard InChI is InChI=1S/C13H12BrClN2O2/c1-2-9-6-16-12(19-9)7-17-13(18)8-3-4-10(14)11(15)5-8/h3-6H,2,7H2,1H3,(H,17,18). The van der Waals surface area contributed by atoms with Crippen molar-refractivity contribution in [3.05, 3.63) is 51.1 Å². The van der Waals surface area contributed by atoms with Gasteiger partial charge in [0.15, 0.2) is 0 Å². The minimum absolute atomic E-state index is 0.217. The molecule has 4 nitrogen and oxygen atoms in total. The average molecular weight is 344 g/mol. The lowest BCUT2D eigenvalue weighted by molar-refractivity contribution is 0.0947. The van der Waals surface area contributed by atoms with Gasteiger partial charge in [-0.3, -0.25) is 4.79 Å². The fraction of sp³-hybridized carbons (Fsp3) is 0.231. The molecule has 0 atom stereocenters. The molecule has 0 unspecified atom stereocenters. The fourth-order valence-electron chi connectivity index (χ4n) is 1.49. The molecule has 2 rings (SSSR count). The van der Waals surface area contributed by atoms with E-state index in [0.717, 1.165) is 16.7 Å². The van der Waals surface area contributed by atoms with Gasteiger partial charge in [0, 0.05) is 16.5 Å². The molecule has 100 valence electrons. The summed E-state index contributed by atoms with van der Waals surface area (Å²) in [5.41, 5.74) is 0.496. The van der Waals surface area contributed by atoms with Crippen molar-refractivity contribution in [2.75, 3.05) is 0 Å². The molecular weight excluding hydrogens is 332 g/mol. The fourth-order valence-corrected chi connectivity index (χ4v) is 1.92. The Kier molecular flexibility index (Phi) is 4.61. The van der Waals surface area contributed by atoms with E-state index in [1.807, 2.05) is 6.92 Å². The summed E-state index contributed by atoms with van der Waals surface area (Å²) in [6.45, 7) is 2.24. The van der Waals surface area contributed by atoms with Gasteiger partial charge in [-0.2, -0.15) is 0 Å². The van der Waals surface area contributed by atoms with Crippen molar-refractivity contribution in [2.45, 2.75) is 19.9 Å².